The number of anilines is 1. The second-order valence-electron chi connectivity index (χ2n) is 4.79. The lowest BCUT2D eigenvalue weighted by atomic mass is 10.0. The van der Waals surface area contributed by atoms with Gasteiger partial charge in [0.25, 0.3) is 0 Å². The molecule has 0 aliphatic carbocycles. The zero-order valence-electron chi connectivity index (χ0n) is 11.0. The Morgan fingerprint density at radius 2 is 2.17 bits per heavy atom. The summed E-state index contributed by atoms with van der Waals surface area (Å²) < 4.78 is 19.2. The molecule has 3 nitrogen and oxygen atoms in total. The third-order valence-electron chi connectivity index (χ3n) is 3.44. The molecule has 1 heterocycles. The number of hydrogen-bond donors (Lipinski definition) is 1. The zero-order chi connectivity index (χ0) is 13.0. The van der Waals surface area contributed by atoms with Crippen LogP contribution in [-0.4, -0.2) is 39.4 Å². The number of nitrogens with one attached hydrogen (secondary N) is 1. The quantitative estimate of drug-likeness (QED) is 0.866. The molecule has 4 heteroatoms. The van der Waals surface area contributed by atoms with Gasteiger partial charge in [-0.1, -0.05) is 19.1 Å². The van der Waals surface area contributed by atoms with E-state index in [9.17, 15) is 4.39 Å². The van der Waals surface area contributed by atoms with Crippen molar-refractivity contribution in [3.63, 3.8) is 0 Å². The summed E-state index contributed by atoms with van der Waals surface area (Å²) in [6, 6.07) is 7.27. The predicted octanol–water partition coefficient (Wildman–Crippen LogP) is 1.89. The lowest BCUT2D eigenvalue weighted by Crippen LogP contribution is -2.40. The monoisotopic (exact) mass is 252 g/mol. The largest absolute Gasteiger partial charge is 0.379 e. The van der Waals surface area contributed by atoms with E-state index in [-0.39, 0.29) is 5.82 Å². The van der Waals surface area contributed by atoms with Gasteiger partial charge < -0.3 is 15.0 Å². The van der Waals surface area contributed by atoms with Gasteiger partial charge in [-0.3, -0.25) is 0 Å². The Kier molecular flexibility index (Phi) is 4.55. The van der Waals surface area contributed by atoms with Gasteiger partial charge in [0, 0.05) is 25.6 Å². The fourth-order valence-corrected chi connectivity index (χ4v) is 2.48. The van der Waals surface area contributed by atoms with Crippen LogP contribution in [-0.2, 0) is 4.74 Å². The average Bonchev–Trinajstić information content (AvgIpc) is 2.78. The van der Waals surface area contributed by atoms with Crippen molar-refractivity contribution in [3.05, 3.63) is 30.1 Å². The van der Waals surface area contributed by atoms with E-state index in [1.165, 1.54) is 6.07 Å². The molecule has 1 aliphatic rings. The van der Waals surface area contributed by atoms with Crippen molar-refractivity contribution in [1.82, 2.24) is 5.32 Å². The Labute approximate surface area is 108 Å². The molecule has 1 N–H and O–H groups in total. The van der Waals surface area contributed by atoms with Crippen LogP contribution in [0.5, 0.6) is 0 Å². The molecule has 1 aliphatic heterocycles. The summed E-state index contributed by atoms with van der Waals surface area (Å²) >= 11 is 0. The van der Waals surface area contributed by atoms with Gasteiger partial charge in [-0.25, -0.2) is 4.39 Å². The first-order valence-electron chi connectivity index (χ1n) is 6.49. The van der Waals surface area contributed by atoms with Crippen molar-refractivity contribution in [2.24, 2.45) is 5.92 Å². The van der Waals surface area contributed by atoms with Crippen LogP contribution in [0.2, 0.25) is 0 Å². The highest BCUT2D eigenvalue weighted by Gasteiger charge is 2.28. The molecule has 2 atom stereocenters. The van der Waals surface area contributed by atoms with Gasteiger partial charge in [-0.2, -0.15) is 0 Å². The van der Waals surface area contributed by atoms with E-state index in [1.54, 1.807) is 6.07 Å². The topological polar surface area (TPSA) is 24.5 Å². The van der Waals surface area contributed by atoms with E-state index in [4.69, 9.17) is 4.74 Å². The Hall–Kier alpha value is -1.13. The third-order valence-corrected chi connectivity index (χ3v) is 3.44. The highest BCUT2D eigenvalue weighted by molar-refractivity contribution is 5.46. The second-order valence-corrected chi connectivity index (χ2v) is 4.79. The van der Waals surface area contributed by atoms with E-state index in [0.717, 1.165) is 26.3 Å². The molecule has 0 amide bonds. The van der Waals surface area contributed by atoms with Gasteiger partial charge in [-0.15, -0.1) is 0 Å². The fourth-order valence-electron chi connectivity index (χ4n) is 2.48. The van der Waals surface area contributed by atoms with Gasteiger partial charge in [0.15, 0.2) is 0 Å². The molecule has 2 rings (SSSR count). The van der Waals surface area contributed by atoms with Crippen LogP contribution in [0.4, 0.5) is 10.1 Å². The normalized spacial score (nSPS) is 23.3. The average molecular weight is 252 g/mol. The van der Waals surface area contributed by atoms with Crippen molar-refractivity contribution in [3.8, 4) is 0 Å². The van der Waals surface area contributed by atoms with Crippen LogP contribution in [0.25, 0.3) is 0 Å². The molecule has 0 radical (unpaired) electrons. The van der Waals surface area contributed by atoms with E-state index < -0.39 is 0 Å². The molecule has 1 fully saturated rings. The highest BCUT2D eigenvalue weighted by Crippen LogP contribution is 2.21. The predicted molar refractivity (Wildman–Crippen MR) is 71.4 cm³/mol. The third kappa shape index (κ3) is 3.00. The lowest BCUT2D eigenvalue weighted by Gasteiger charge is -2.26. The molecule has 0 aromatic heterocycles. The van der Waals surface area contributed by atoms with Crippen LogP contribution < -0.4 is 10.2 Å². The molecule has 1 saturated heterocycles. The van der Waals surface area contributed by atoms with Gasteiger partial charge in [0.2, 0.25) is 0 Å². The van der Waals surface area contributed by atoms with E-state index in [1.807, 2.05) is 24.1 Å². The maximum Gasteiger partial charge on any atom is 0.146 e. The molecule has 1 aromatic rings. The molecule has 18 heavy (non-hydrogen) atoms. The SMILES string of the molecule is CCNC1COCC1CN(C)c1ccccc1F. The maximum atomic E-state index is 13.7. The standard InChI is InChI=1S/C14H21FN2O/c1-3-16-13-10-18-9-11(13)8-17(2)14-7-5-4-6-12(14)15/h4-7,11,13,16H,3,8-10H2,1-2H3. The molecule has 0 saturated carbocycles. The fraction of sp³-hybridized carbons (Fsp3) is 0.571. The molecular weight excluding hydrogens is 231 g/mol. The van der Waals surface area contributed by atoms with Gasteiger partial charge >= 0.3 is 0 Å². The summed E-state index contributed by atoms with van der Waals surface area (Å²) in [7, 11) is 1.93. The van der Waals surface area contributed by atoms with Gasteiger partial charge in [0.1, 0.15) is 5.82 Å². The number of ether oxygens (including phenoxy) is 1. The molecule has 2 unspecified atom stereocenters. The molecular formula is C14H21FN2O. The number of rotatable bonds is 5. The minimum Gasteiger partial charge on any atom is -0.379 e. The first kappa shape index (κ1) is 13.3. The van der Waals surface area contributed by atoms with Crippen molar-refractivity contribution in [1.29, 1.82) is 0 Å². The van der Waals surface area contributed by atoms with Crippen molar-refractivity contribution >= 4 is 5.69 Å². The summed E-state index contributed by atoms with van der Waals surface area (Å²) in [4.78, 5) is 1.97. The molecule has 1 aromatic carbocycles. The number of benzene rings is 1. The van der Waals surface area contributed by atoms with E-state index in [0.29, 0.717) is 17.6 Å². The minimum atomic E-state index is -0.168. The summed E-state index contributed by atoms with van der Waals surface area (Å²) in [5.74, 6) is 0.244. The van der Waals surface area contributed by atoms with Crippen LogP contribution >= 0.6 is 0 Å². The Morgan fingerprint density at radius 1 is 1.39 bits per heavy atom. The van der Waals surface area contributed by atoms with Crippen molar-refractivity contribution < 1.29 is 9.13 Å². The minimum absolute atomic E-state index is 0.168. The van der Waals surface area contributed by atoms with Gasteiger partial charge in [0.05, 0.1) is 18.9 Å². The Bertz CT molecular complexity index is 386. The number of likely N-dealkylation sites (N-methyl/N-ethyl adjacent to an activating group) is 1. The summed E-state index contributed by atoms with van der Waals surface area (Å²) in [5, 5.41) is 3.42. The van der Waals surface area contributed by atoms with Crippen molar-refractivity contribution in [2.45, 2.75) is 13.0 Å². The van der Waals surface area contributed by atoms with Gasteiger partial charge in [-0.05, 0) is 18.7 Å². The Morgan fingerprint density at radius 3 is 2.89 bits per heavy atom. The van der Waals surface area contributed by atoms with Crippen LogP contribution in [0.15, 0.2) is 24.3 Å². The van der Waals surface area contributed by atoms with Crippen LogP contribution in [0.3, 0.4) is 0 Å². The molecule has 100 valence electrons. The number of para-hydroxylation sites is 1. The summed E-state index contributed by atoms with van der Waals surface area (Å²) in [6.07, 6.45) is 0. The first-order chi connectivity index (χ1) is 8.72. The maximum absolute atomic E-state index is 13.7. The number of hydrogen-bond acceptors (Lipinski definition) is 3. The molecule has 0 spiro atoms. The first-order valence-corrected chi connectivity index (χ1v) is 6.49. The number of nitrogens with zero attached hydrogens (tertiary/aromatic N) is 1. The molecule has 0 bridgehead atoms. The highest BCUT2D eigenvalue weighted by atomic mass is 19.1. The van der Waals surface area contributed by atoms with Crippen LogP contribution in [0.1, 0.15) is 6.92 Å². The second kappa shape index (κ2) is 6.16. The number of halogens is 1. The van der Waals surface area contributed by atoms with Crippen molar-refractivity contribution in [2.75, 3.05) is 38.3 Å². The van der Waals surface area contributed by atoms with E-state index in [2.05, 4.69) is 12.2 Å². The summed E-state index contributed by atoms with van der Waals surface area (Å²) in [6.45, 7) is 5.34. The summed E-state index contributed by atoms with van der Waals surface area (Å²) in [5.41, 5.74) is 0.652. The van der Waals surface area contributed by atoms with Crippen LogP contribution in [0, 0.1) is 11.7 Å². The lowest BCUT2D eigenvalue weighted by molar-refractivity contribution is 0.183. The smallest absolute Gasteiger partial charge is 0.146 e. The zero-order valence-corrected chi connectivity index (χ0v) is 11.0. The Balaban J connectivity index is 1.98. The van der Waals surface area contributed by atoms with E-state index >= 15 is 0 Å².